The van der Waals surface area contributed by atoms with E-state index in [1.165, 1.54) is 7.05 Å². The Kier molecular flexibility index (Phi) is 3.22. The molecule has 3 aliphatic rings. The fraction of sp³-hybridized carbons (Fsp3) is 0.600. The number of carbonyl (C=O) groups excluding carboxylic acids is 4. The summed E-state index contributed by atoms with van der Waals surface area (Å²) < 4.78 is 0. The number of fused-ring (bicyclic) bond motifs is 1. The number of nitrogens with zero attached hydrogens (tertiary/aromatic N) is 3. The number of hydrogen-bond donors (Lipinski definition) is 1. The molecule has 8 heteroatoms. The zero-order chi connectivity index (χ0) is 16.9. The van der Waals surface area contributed by atoms with Gasteiger partial charge < -0.3 is 0 Å². The third-order valence-electron chi connectivity index (χ3n) is 5.48. The lowest BCUT2D eigenvalue weighted by Gasteiger charge is -2.47. The van der Waals surface area contributed by atoms with Crippen LogP contribution in [0.5, 0.6) is 0 Å². The lowest BCUT2D eigenvalue weighted by atomic mass is 9.54. The van der Waals surface area contributed by atoms with Crippen LogP contribution in [-0.2, 0) is 19.2 Å². The lowest BCUT2D eigenvalue weighted by Crippen LogP contribution is -2.59. The summed E-state index contributed by atoms with van der Waals surface area (Å²) in [6, 6.07) is 3.78. The van der Waals surface area contributed by atoms with Crippen molar-refractivity contribution in [2.75, 3.05) is 7.05 Å². The monoisotopic (exact) mass is 314 g/mol. The Labute approximate surface area is 132 Å². The third-order valence-corrected chi connectivity index (χ3v) is 5.48. The molecule has 1 aliphatic carbocycles. The summed E-state index contributed by atoms with van der Waals surface area (Å²) in [6.07, 6.45) is 0.537. The Morgan fingerprint density at radius 2 is 1.57 bits per heavy atom. The van der Waals surface area contributed by atoms with Crippen molar-refractivity contribution in [2.45, 2.75) is 19.3 Å². The van der Waals surface area contributed by atoms with Crippen LogP contribution >= 0.6 is 0 Å². The number of nitrogens with one attached hydrogen (secondary N) is 1. The number of rotatable bonds is 0. The maximum atomic E-state index is 12.3. The van der Waals surface area contributed by atoms with E-state index in [1.54, 1.807) is 0 Å². The summed E-state index contributed by atoms with van der Waals surface area (Å²) in [5.41, 5.74) is -1.20. The van der Waals surface area contributed by atoms with E-state index >= 15 is 0 Å². The number of amides is 4. The molecule has 3 rings (SSSR count). The molecule has 8 nitrogen and oxygen atoms in total. The van der Waals surface area contributed by atoms with Gasteiger partial charge in [-0.15, -0.1) is 0 Å². The number of piperidine rings is 1. The van der Waals surface area contributed by atoms with E-state index in [9.17, 15) is 29.7 Å². The van der Waals surface area contributed by atoms with Crippen LogP contribution in [0.4, 0.5) is 0 Å². The van der Waals surface area contributed by atoms with Gasteiger partial charge in [0.15, 0.2) is 0 Å². The summed E-state index contributed by atoms with van der Waals surface area (Å²) >= 11 is 0. The molecule has 0 aromatic heterocycles. The first-order chi connectivity index (χ1) is 10.9. The maximum absolute atomic E-state index is 12.3. The molecule has 1 saturated carbocycles. The van der Waals surface area contributed by atoms with Gasteiger partial charge >= 0.3 is 0 Å². The molecule has 1 unspecified atom stereocenters. The van der Waals surface area contributed by atoms with Gasteiger partial charge in [-0.25, -0.2) is 0 Å². The molecule has 0 radical (unpaired) electrons. The molecule has 23 heavy (non-hydrogen) atoms. The highest BCUT2D eigenvalue weighted by molar-refractivity contribution is 6.06. The van der Waals surface area contributed by atoms with Crippen molar-refractivity contribution in [3.8, 4) is 12.1 Å². The van der Waals surface area contributed by atoms with Gasteiger partial charge in [0, 0.05) is 12.5 Å². The van der Waals surface area contributed by atoms with Gasteiger partial charge in [0.05, 0.1) is 24.0 Å². The zero-order valence-corrected chi connectivity index (χ0v) is 12.4. The third kappa shape index (κ3) is 1.81. The topological polar surface area (TPSA) is 131 Å². The molecule has 1 spiro atoms. The molecule has 4 amide bonds. The average Bonchev–Trinajstić information content (AvgIpc) is 2.72. The van der Waals surface area contributed by atoms with Gasteiger partial charge in [-0.2, -0.15) is 10.5 Å². The maximum Gasteiger partial charge on any atom is 0.244 e. The fourth-order valence-corrected chi connectivity index (χ4v) is 4.29. The van der Waals surface area contributed by atoms with Gasteiger partial charge in [0.1, 0.15) is 11.8 Å². The SMILES string of the molecule is CN1C(=O)[C@@H]2CCC3(C[C@H]2C1=O)[C@H](C#N)C(=O)NC(=O)[C@@H]3C#N. The summed E-state index contributed by atoms with van der Waals surface area (Å²) in [5, 5.41) is 20.8. The molecule has 3 fully saturated rings. The van der Waals surface area contributed by atoms with Crippen LogP contribution in [0.15, 0.2) is 0 Å². The molecule has 0 aromatic rings. The van der Waals surface area contributed by atoms with Crippen molar-refractivity contribution in [1.82, 2.24) is 10.2 Å². The molecular weight excluding hydrogens is 300 g/mol. The van der Waals surface area contributed by atoms with E-state index < -0.39 is 40.9 Å². The van der Waals surface area contributed by atoms with Gasteiger partial charge in [-0.05, 0) is 19.3 Å². The van der Waals surface area contributed by atoms with Crippen LogP contribution in [0, 0.1) is 51.7 Å². The second-order valence-electron chi connectivity index (χ2n) is 6.40. The van der Waals surface area contributed by atoms with Crippen LogP contribution in [0.2, 0.25) is 0 Å². The quantitative estimate of drug-likeness (QED) is 0.589. The van der Waals surface area contributed by atoms with Gasteiger partial charge in [0.25, 0.3) is 0 Å². The Morgan fingerprint density at radius 1 is 1.04 bits per heavy atom. The Hall–Kier alpha value is -2.74. The summed E-state index contributed by atoms with van der Waals surface area (Å²) in [6.45, 7) is 0. The highest BCUT2D eigenvalue weighted by Gasteiger charge is 2.62. The van der Waals surface area contributed by atoms with E-state index in [1.807, 2.05) is 12.1 Å². The van der Waals surface area contributed by atoms with Crippen LogP contribution in [0.1, 0.15) is 19.3 Å². The first-order valence-electron chi connectivity index (χ1n) is 7.32. The smallest absolute Gasteiger partial charge is 0.244 e. The van der Waals surface area contributed by atoms with Gasteiger partial charge in [0.2, 0.25) is 23.6 Å². The van der Waals surface area contributed by atoms with E-state index in [-0.39, 0.29) is 31.1 Å². The average molecular weight is 314 g/mol. The van der Waals surface area contributed by atoms with Crippen LogP contribution in [0.3, 0.4) is 0 Å². The van der Waals surface area contributed by atoms with Crippen LogP contribution in [-0.4, -0.2) is 35.6 Å². The predicted molar refractivity (Wildman–Crippen MR) is 72.4 cm³/mol. The molecule has 2 heterocycles. The highest BCUT2D eigenvalue weighted by Crippen LogP contribution is 2.55. The molecule has 1 N–H and O–H groups in total. The first kappa shape index (κ1) is 15.2. The largest absolute Gasteiger partial charge is 0.294 e. The number of hydrogen-bond acceptors (Lipinski definition) is 6. The molecule has 0 aromatic carbocycles. The number of nitriles is 2. The van der Waals surface area contributed by atoms with Crippen LogP contribution < -0.4 is 5.32 Å². The second kappa shape index (κ2) is 4.88. The van der Waals surface area contributed by atoms with Crippen molar-refractivity contribution in [3.05, 3.63) is 0 Å². The summed E-state index contributed by atoms with van der Waals surface area (Å²) in [7, 11) is 1.40. The zero-order valence-electron chi connectivity index (χ0n) is 12.4. The minimum atomic E-state index is -1.20. The van der Waals surface area contributed by atoms with E-state index in [0.29, 0.717) is 0 Å². The summed E-state index contributed by atoms with van der Waals surface area (Å²) in [5.74, 6) is -5.63. The fourth-order valence-electron chi connectivity index (χ4n) is 4.29. The summed E-state index contributed by atoms with van der Waals surface area (Å²) in [4.78, 5) is 49.5. The van der Waals surface area contributed by atoms with Crippen molar-refractivity contribution in [3.63, 3.8) is 0 Å². The van der Waals surface area contributed by atoms with Crippen molar-refractivity contribution in [1.29, 1.82) is 10.5 Å². The van der Waals surface area contributed by atoms with E-state index in [4.69, 9.17) is 0 Å². The minimum absolute atomic E-state index is 0.0300. The predicted octanol–water partition coefficient (Wildman–Crippen LogP) is -0.676. The van der Waals surface area contributed by atoms with E-state index in [0.717, 1.165) is 4.90 Å². The van der Waals surface area contributed by atoms with Crippen molar-refractivity contribution < 1.29 is 19.2 Å². The van der Waals surface area contributed by atoms with E-state index in [2.05, 4.69) is 5.32 Å². The van der Waals surface area contributed by atoms with Crippen molar-refractivity contribution in [2.24, 2.45) is 29.1 Å². The molecule has 5 atom stereocenters. The Bertz CT molecular complexity index is 684. The number of imide groups is 2. The molecule has 0 bridgehead atoms. The van der Waals surface area contributed by atoms with Gasteiger partial charge in [-0.1, -0.05) is 0 Å². The van der Waals surface area contributed by atoms with Crippen LogP contribution in [0.25, 0.3) is 0 Å². The first-order valence-corrected chi connectivity index (χ1v) is 7.32. The molecule has 2 aliphatic heterocycles. The van der Waals surface area contributed by atoms with Crippen molar-refractivity contribution >= 4 is 23.6 Å². The molecular formula is C15H14N4O4. The number of likely N-dealkylation sites (tertiary alicyclic amines) is 1. The number of carbonyl (C=O) groups is 4. The second-order valence-corrected chi connectivity index (χ2v) is 6.40. The Balaban J connectivity index is 2.06. The molecule has 118 valence electrons. The minimum Gasteiger partial charge on any atom is -0.294 e. The highest BCUT2D eigenvalue weighted by atomic mass is 16.2. The van der Waals surface area contributed by atoms with Gasteiger partial charge in [-0.3, -0.25) is 29.4 Å². The lowest BCUT2D eigenvalue weighted by molar-refractivity contribution is -0.150. The normalized spacial score (nSPS) is 39.7. The Morgan fingerprint density at radius 3 is 2.09 bits per heavy atom. The molecule has 2 saturated heterocycles. The standard InChI is InChI=1S/C15H14N4O4/c1-19-13(22)7-2-3-15(4-8(7)14(19)23)9(5-16)11(20)18-12(21)10(15)6-17/h7-10H,2-4H2,1H3,(H,18,20,21)/t7-,8-,9-,10+,15?/m1/s1.